The number of carboxylic acids is 1. The SMILES string of the molecule is CC(C)(Cc1ccc2ccccc2c1)NCC(O)COc1ccc(-c2ccc(C(=O)O)cc2)cc1C#N.Cl. The molecule has 0 radical (unpaired) electrons. The Balaban J connectivity index is 0.00000400. The van der Waals surface area contributed by atoms with Crippen molar-refractivity contribution in [3.05, 3.63) is 102 Å². The van der Waals surface area contributed by atoms with E-state index in [4.69, 9.17) is 9.84 Å². The molecule has 1 unspecified atom stereocenters. The number of β-amino-alcohol motifs (C(OH)–C–C–N with tert-alkyl or cyclic N) is 1. The highest BCUT2D eigenvalue weighted by Gasteiger charge is 2.20. The zero-order chi connectivity index (χ0) is 26.4. The lowest BCUT2D eigenvalue weighted by Crippen LogP contribution is -2.46. The Bertz CT molecular complexity index is 1440. The van der Waals surface area contributed by atoms with E-state index in [0.717, 1.165) is 17.5 Å². The molecule has 0 saturated heterocycles. The second-order valence-corrected chi connectivity index (χ2v) is 9.79. The highest BCUT2D eigenvalue weighted by Crippen LogP contribution is 2.27. The largest absolute Gasteiger partial charge is 0.489 e. The third kappa shape index (κ3) is 7.33. The van der Waals surface area contributed by atoms with Gasteiger partial charge >= 0.3 is 5.97 Å². The van der Waals surface area contributed by atoms with E-state index in [9.17, 15) is 15.2 Å². The van der Waals surface area contributed by atoms with Gasteiger partial charge in [0.25, 0.3) is 0 Å². The molecule has 4 aromatic rings. The summed E-state index contributed by atoms with van der Waals surface area (Å²) in [4.78, 5) is 11.1. The van der Waals surface area contributed by atoms with E-state index < -0.39 is 12.1 Å². The highest BCUT2D eigenvalue weighted by atomic mass is 35.5. The molecule has 0 amide bonds. The number of ether oxygens (including phenoxy) is 1. The first-order chi connectivity index (χ1) is 17.7. The number of hydrogen-bond acceptors (Lipinski definition) is 5. The fourth-order valence-corrected chi connectivity index (χ4v) is 4.29. The number of halogens is 1. The Morgan fingerprint density at radius 2 is 1.66 bits per heavy atom. The van der Waals surface area contributed by atoms with Gasteiger partial charge in [-0.3, -0.25) is 0 Å². The smallest absolute Gasteiger partial charge is 0.335 e. The first-order valence-corrected chi connectivity index (χ1v) is 12.2. The number of nitrogens with one attached hydrogen (secondary N) is 1. The van der Waals surface area contributed by atoms with Gasteiger partial charge in [-0.2, -0.15) is 5.26 Å². The van der Waals surface area contributed by atoms with Gasteiger partial charge in [0.2, 0.25) is 0 Å². The fraction of sp³-hybridized carbons (Fsp3) is 0.226. The molecule has 1 atom stereocenters. The van der Waals surface area contributed by atoms with E-state index >= 15 is 0 Å². The molecule has 0 aromatic heterocycles. The average molecular weight is 531 g/mol. The van der Waals surface area contributed by atoms with Crippen LogP contribution < -0.4 is 10.1 Å². The van der Waals surface area contributed by atoms with Gasteiger partial charge in [0.05, 0.1) is 11.1 Å². The maximum Gasteiger partial charge on any atom is 0.335 e. The predicted octanol–water partition coefficient (Wildman–Crippen LogP) is 5.85. The number of benzene rings is 4. The van der Waals surface area contributed by atoms with Crippen LogP contribution >= 0.6 is 12.4 Å². The maximum atomic E-state index is 11.1. The molecule has 3 N–H and O–H groups in total. The molecule has 0 aliphatic carbocycles. The molecular formula is C31H31ClN2O4. The van der Waals surface area contributed by atoms with Crippen LogP contribution in [0.3, 0.4) is 0 Å². The molecule has 4 rings (SSSR count). The summed E-state index contributed by atoms with van der Waals surface area (Å²) in [7, 11) is 0. The van der Waals surface area contributed by atoms with Gasteiger partial charge in [0.15, 0.2) is 0 Å². The lowest BCUT2D eigenvalue weighted by atomic mass is 9.93. The number of hydrogen-bond donors (Lipinski definition) is 3. The third-order valence-electron chi connectivity index (χ3n) is 6.27. The minimum Gasteiger partial charge on any atom is -0.489 e. The number of carboxylic acid groups (broad SMARTS) is 1. The van der Waals surface area contributed by atoms with Crippen molar-refractivity contribution in [2.75, 3.05) is 13.2 Å². The molecule has 0 fully saturated rings. The van der Waals surface area contributed by atoms with Crippen molar-refractivity contribution < 1.29 is 19.7 Å². The molecule has 6 nitrogen and oxygen atoms in total. The van der Waals surface area contributed by atoms with Crippen molar-refractivity contribution in [2.45, 2.75) is 31.9 Å². The average Bonchev–Trinajstić information content (AvgIpc) is 2.90. The zero-order valence-corrected chi connectivity index (χ0v) is 22.2. The third-order valence-corrected chi connectivity index (χ3v) is 6.27. The molecule has 0 aliphatic heterocycles. The van der Waals surface area contributed by atoms with Gasteiger partial charge in [0, 0.05) is 12.1 Å². The van der Waals surface area contributed by atoms with Crippen LogP contribution in [0.4, 0.5) is 0 Å². The molecule has 0 spiro atoms. The van der Waals surface area contributed by atoms with Gasteiger partial charge in [-0.1, -0.05) is 60.7 Å². The number of nitriles is 1. The summed E-state index contributed by atoms with van der Waals surface area (Å²) >= 11 is 0. The van der Waals surface area contributed by atoms with Crippen LogP contribution in [0.2, 0.25) is 0 Å². The second-order valence-electron chi connectivity index (χ2n) is 9.79. The number of fused-ring (bicyclic) bond motifs is 1. The highest BCUT2D eigenvalue weighted by molar-refractivity contribution is 5.88. The van der Waals surface area contributed by atoms with Gasteiger partial charge in [-0.05, 0) is 72.0 Å². The fourth-order valence-electron chi connectivity index (χ4n) is 4.29. The number of nitrogens with zero attached hydrogens (tertiary/aromatic N) is 1. The minimum absolute atomic E-state index is 0. The summed E-state index contributed by atoms with van der Waals surface area (Å²) in [6, 6.07) is 28.6. The molecule has 196 valence electrons. The summed E-state index contributed by atoms with van der Waals surface area (Å²) in [5, 5.41) is 35.1. The number of rotatable bonds is 10. The van der Waals surface area contributed by atoms with Gasteiger partial charge in [-0.15, -0.1) is 12.4 Å². The van der Waals surface area contributed by atoms with Crippen LogP contribution in [0.5, 0.6) is 5.75 Å². The summed E-state index contributed by atoms with van der Waals surface area (Å²) in [6.45, 7) is 4.59. The number of aliphatic hydroxyl groups excluding tert-OH is 1. The van der Waals surface area contributed by atoms with Crippen molar-refractivity contribution in [1.82, 2.24) is 5.32 Å². The van der Waals surface area contributed by atoms with Crippen LogP contribution in [-0.4, -0.2) is 41.0 Å². The van der Waals surface area contributed by atoms with Crippen molar-refractivity contribution in [1.29, 1.82) is 5.26 Å². The standard InChI is InChI=1S/C31H30N2O4.ClH/c1-31(2,17-21-7-8-22-5-3-4-6-25(22)15-21)33-19-28(34)20-37-29-14-13-26(16-27(29)18-32)23-9-11-24(12-10-23)30(35)36;/h3-16,28,33-34H,17,19-20H2,1-2H3,(H,35,36);1H. The van der Waals surface area contributed by atoms with Crippen LogP contribution in [0.1, 0.15) is 35.3 Å². The number of aromatic carboxylic acids is 1. The van der Waals surface area contributed by atoms with E-state index in [1.54, 1.807) is 24.3 Å². The van der Waals surface area contributed by atoms with Gasteiger partial charge in [-0.25, -0.2) is 4.79 Å². The molecule has 7 heteroatoms. The summed E-state index contributed by atoms with van der Waals surface area (Å²) < 4.78 is 5.77. The Labute approximate surface area is 228 Å². The molecule has 0 bridgehead atoms. The van der Waals surface area contributed by atoms with E-state index in [1.807, 2.05) is 18.2 Å². The lowest BCUT2D eigenvalue weighted by molar-refractivity contribution is 0.0697. The molecule has 0 saturated carbocycles. The van der Waals surface area contributed by atoms with Gasteiger partial charge in [0.1, 0.15) is 24.5 Å². The minimum atomic E-state index is -0.988. The predicted molar refractivity (Wildman–Crippen MR) is 152 cm³/mol. The summed E-state index contributed by atoms with van der Waals surface area (Å²) in [5.41, 5.74) is 3.10. The van der Waals surface area contributed by atoms with E-state index in [-0.39, 0.29) is 30.1 Å². The number of carbonyl (C=O) groups is 1. The molecule has 4 aromatic carbocycles. The van der Waals surface area contributed by atoms with Crippen LogP contribution in [-0.2, 0) is 6.42 Å². The Morgan fingerprint density at radius 3 is 2.34 bits per heavy atom. The maximum absolute atomic E-state index is 11.1. The normalized spacial score (nSPS) is 11.8. The molecule has 0 aliphatic rings. The summed E-state index contributed by atoms with van der Waals surface area (Å²) in [5.74, 6) is -0.596. The van der Waals surface area contributed by atoms with E-state index in [0.29, 0.717) is 17.9 Å². The van der Waals surface area contributed by atoms with Crippen LogP contribution in [0.15, 0.2) is 84.9 Å². The van der Waals surface area contributed by atoms with Crippen molar-refractivity contribution >= 4 is 29.1 Å². The number of aliphatic hydroxyl groups is 1. The van der Waals surface area contributed by atoms with E-state index in [2.05, 4.69) is 55.6 Å². The van der Waals surface area contributed by atoms with Gasteiger partial charge < -0.3 is 20.3 Å². The van der Waals surface area contributed by atoms with Crippen molar-refractivity contribution in [3.8, 4) is 22.9 Å². The van der Waals surface area contributed by atoms with Crippen molar-refractivity contribution in [3.63, 3.8) is 0 Å². The first kappa shape index (κ1) is 28.7. The van der Waals surface area contributed by atoms with Crippen molar-refractivity contribution in [2.24, 2.45) is 0 Å². The van der Waals surface area contributed by atoms with Crippen LogP contribution in [0, 0.1) is 11.3 Å². The Morgan fingerprint density at radius 1 is 0.974 bits per heavy atom. The second kappa shape index (κ2) is 12.6. The zero-order valence-electron chi connectivity index (χ0n) is 21.3. The van der Waals surface area contributed by atoms with Crippen LogP contribution in [0.25, 0.3) is 21.9 Å². The lowest BCUT2D eigenvalue weighted by Gasteiger charge is -2.28. The monoisotopic (exact) mass is 530 g/mol. The first-order valence-electron chi connectivity index (χ1n) is 12.2. The molecule has 0 heterocycles. The quantitative estimate of drug-likeness (QED) is 0.238. The topological polar surface area (TPSA) is 103 Å². The van der Waals surface area contributed by atoms with E-state index in [1.165, 1.54) is 28.5 Å². The Kier molecular flexibility index (Phi) is 9.49. The molecule has 38 heavy (non-hydrogen) atoms. The summed E-state index contributed by atoms with van der Waals surface area (Å²) in [6.07, 6.45) is 0.0458. The molecular weight excluding hydrogens is 500 g/mol. The Hall–Kier alpha value is -3.89.